The van der Waals surface area contributed by atoms with Crippen LogP contribution < -0.4 is 0 Å². The number of benzene rings is 1. The van der Waals surface area contributed by atoms with Gasteiger partial charge in [-0.15, -0.1) is 0 Å². The van der Waals surface area contributed by atoms with Crippen molar-refractivity contribution in [2.45, 2.75) is 39.2 Å². The van der Waals surface area contributed by atoms with Gasteiger partial charge >= 0.3 is 0 Å². The Hall–Kier alpha value is -1.31. The summed E-state index contributed by atoms with van der Waals surface area (Å²) in [4.78, 5) is 13.5. The van der Waals surface area contributed by atoms with Gasteiger partial charge in [-0.1, -0.05) is 24.3 Å². The standard InChI is InChI=1S/C14H19NO/c1-3-15(11(2)16)14-9-8-12-6-4-5-7-13(12)10-14/h4-7,14H,3,8-10H2,1-2H3/t14-/m1/s1. The van der Waals surface area contributed by atoms with E-state index in [4.69, 9.17) is 0 Å². The second kappa shape index (κ2) is 4.69. The van der Waals surface area contributed by atoms with Crippen molar-refractivity contribution in [2.75, 3.05) is 6.54 Å². The number of amides is 1. The predicted octanol–water partition coefficient (Wildman–Crippen LogP) is 2.41. The average molecular weight is 217 g/mol. The van der Waals surface area contributed by atoms with E-state index in [0.29, 0.717) is 6.04 Å². The molecule has 1 atom stereocenters. The summed E-state index contributed by atoms with van der Waals surface area (Å²) in [5.74, 6) is 0.201. The topological polar surface area (TPSA) is 20.3 Å². The molecule has 0 fully saturated rings. The molecule has 0 aliphatic heterocycles. The zero-order valence-corrected chi connectivity index (χ0v) is 10.1. The first kappa shape index (κ1) is 11.2. The highest BCUT2D eigenvalue weighted by molar-refractivity contribution is 5.73. The summed E-state index contributed by atoms with van der Waals surface area (Å²) in [7, 11) is 0. The van der Waals surface area contributed by atoms with Gasteiger partial charge in [-0.2, -0.15) is 0 Å². The van der Waals surface area contributed by atoms with Crippen LogP contribution in [0.15, 0.2) is 24.3 Å². The molecule has 86 valence electrons. The number of aryl methyl sites for hydroxylation is 1. The number of rotatable bonds is 2. The zero-order valence-electron chi connectivity index (χ0n) is 10.1. The smallest absolute Gasteiger partial charge is 0.219 e. The molecule has 0 heterocycles. The molecule has 1 aliphatic carbocycles. The Morgan fingerprint density at radius 1 is 1.38 bits per heavy atom. The van der Waals surface area contributed by atoms with Crippen LogP contribution in [0.2, 0.25) is 0 Å². The van der Waals surface area contributed by atoms with Crippen molar-refractivity contribution in [2.24, 2.45) is 0 Å². The van der Waals surface area contributed by atoms with Crippen molar-refractivity contribution >= 4 is 5.91 Å². The molecule has 0 unspecified atom stereocenters. The minimum Gasteiger partial charge on any atom is -0.340 e. The highest BCUT2D eigenvalue weighted by Gasteiger charge is 2.24. The molecule has 1 aromatic rings. The number of nitrogens with zero attached hydrogens (tertiary/aromatic N) is 1. The Bertz CT molecular complexity index is 386. The molecule has 2 rings (SSSR count). The molecule has 0 saturated carbocycles. The first-order chi connectivity index (χ1) is 7.72. The summed E-state index contributed by atoms with van der Waals surface area (Å²) in [6, 6.07) is 8.98. The Balaban J connectivity index is 2.15. The first-order valence-corrected chi connectivity index (χ1v) is 6.06. The van der Waals surface area contributed by atoms with Crippen LogP contribution >= 0.6 is 0 Å². The molecule has 0 N–H and O–H groups in total. The SMILES string of the molecule is CCN(C(C)=O)[C@@H]1CCc2ccccc2C1. The second-order valence-electron chi connectivity index (χ2n) is 4.47. The molecule has 0 saturated heterocycles. The van der Waals surface area contributed by atoms with Crippen LogP contribution in [0.1, 0.15) is 31.4 Å². The van der Waals surface area contributed by atoms with Crippen LogP contribution in [0.3, 0.4) is 0 Å². The Morgan fingerprint density at radius 3 is 2.69 bits per heavy atom. The molecular formula is C14H19NO. The second-order valence-corrected chi connectivity index (χ2v) is 4.47. The van der Waals surface area contributed by atoms with Crippen molar-refractivity contribution in [3.63, 3.8) is 0 Å². The molecule has 1 amide bonds. The van der Waals surface area contributed by atoms with Gasteiger partial charge in [0.2, 0.25) is 5.91 Å². The molecule has 0 bridgehead atoms. The first-order valence-electron chi connectivity index (χ1n) is 6.06. The summed E-state index contributed by atoms with van der Waals surface area (Å²) in [6.45, 7) is 4.55. The van der Waals surface area contributed by atoms with Gasteiger partial charge in [0.1, 0.15) is 0 Å². The number of carbonyl (C=O) groups is 1. The average Bonchev–Trinajstić information content (AvgIpc) is 2.29. The minimum atomic E-state index is 0.201. The van der Waals surface area contributed by atoms with Crippen LogP contribution in [0.25, 0.3) is 0 Å². The van der Waals surface area contributed by atoms with Crippen LogP contribution in [-0.2, 0) is 17.6 Å². The highest BCUT2D eigenvalue weighted by atomic mass is 16.2. The van der Waals surface area contributed by atoms with Crippen molar-refractivity contribution in [1.82, 2.24) is 4.90 Å². The predicted molar refractivity (Wildman–Crippen MR) is 65.3 cm³/mol. The molecule has 0 aromatic heterocycles. The number of likely N-dealkylation sites (N-methyl/N-ethyl adjacent to an activating group) is 1. The third-order valence-corrected chi connectivity index (χ3v) is 3.51. The third-order valence-electron chi connectivity index (χ3n) is 3.51. The van der Waals surface area contributed by atoms with Crippen LogP contribution in [0, 0.1) is 0 Å². The molecule has 2 nitrogen and oxygen atoms in total. The van der Waals surface area contributed by atoms with Crippen molar-refractivity contribution in [1.29, 1.82) is 0 Å². The largest absolute Gasteiger partial charge is 0.340 e. The van der Waals surface area contributed by atoms with E-state index in [0.717, 1.165) is 25.8 Å². The van der Waals surface area contributed by atoms with E-state index in [-0.39, 0.29) is 5.91 Å². The lowest BCUT2D eigenvalue weighted by Gasteiger charge is -2.33. The van der Waals surface area contributed by atoms with Gasteiger partial charge in [0, 0.05) is 19.5 Å². The van der Waals surface area contributed by atoms with Gasteiger partial charge in [-0.3, -0.25) is 4.79 Å². The fourth-order valence-corrected chi connectivity index (χ4v) is 2.68. The summed E-state index contributed by atoms with van der Waals surface area (Å²) < 4.78 is 0. The minimum absolute atomic E-state index is 0.201. The summed E-state index contributed by atoms with van der Waals surface area (Å²) in [5, 5.41) is 0. The number of carbonyl (C=O) groups excluding carboxylic acids is 1. The highest BCUT2D eigenvalue weighted by Crippen LogP contribution is 2.24. The zero-order chi connectivity index (χ0) is 11.5. The van der Waals surface area contributed by atoms with Crippen molar-refractivity contribution < 1.29 is 4.79 Å². The lowest BCUT2D eigenvalue weighted by Crippen LogP contribution is -2.42. The van der Waals surface area contributed by atoms with Gasteiger partial charge in [-0.05, 0) is 37.3 Å². The summed E-state index contributed by atoms with van der Waals surface area (Å²) in [5.41, 5.74) is 2.87. The maximum absolute atomic E-state index is 11.5. The fourth-order valence-electron chi connectivity index (χ4n) is 2.68. The molecule has 16 heavy (non-hydrogen) atoms. The normalized spacial score (nSPS) is 19.0. The molecule has 2 heteroatoms. The molecular weight excluding hydrogens is 198 g/mol. The van der Waals surface area contributed by atoms with Crippen LogP contribution in [0.4, 0.5) is 0 Å². The lowest BCUT2D eigenvalue weighted by atomic mass is 9.87. The van der Waals surface area contributed by atoms with Crippen molar-refractivity contribution in [3.05, 3.63) is 35.4 Å². The molecule has 0 spiro atoms. The molecule has 0 radical (unpaired) electrons. The fraction of sp³-hybridized carbons (Fsp3) is 0.500. The van der Waals surface area contributed by atoms with Gasteiger partial charge in [0.25, 0.3) is 0 Å². The number of hydrogen-bond acceptors (Lipinski definition) is 1. The maximum Gasteiger partial charge on any atom is 0.219 e. The summed E-state index contributed by atoms with van der Waals surface area (Å²) >= 11 is 0. The van der Waals surface area contributed by atoms with E-state index in [1.807, 2.05) is 4.90 Å². The van der Waals surface area contributed by atoms with Crippen LogP contribution in [-0.4, -0.2) is 23.4 Å². The van der Waals surface area contributed by atoms with E-state index < -0.39 is 0 Å². The van der Waals surface area contributed by atoms with E-state index in [2.05, 4.69) is 31.2 Å². The molecule has 1 aliphatic rings. The van der Waals surface area contributed by atoms with Gasteiger partial charge in [-0.25, -0.2) is 0 Å². The Morgan fingerprint density at radius 2 is 2.06 bits per heavy atom. The van der Waals surface area contributed by atoms with Crippen molar-refractivity contribution in [3.8, 4) is 0 Å². The number of hydrogen-bond donors (Lipinski definition) is 0. The monoisotopic (exact) mass is 217 g/mol. The van der Waals surface area contributed by atoms with E-state index in [9.17, 15) is 4.79 Å². The van der Waals surface area contributed by atoms with E-state index >= 15 is 0 Å². The third kappa shape index (κ3) is 2.11. The van der Waals surface area contributed by atoms with Gasteiger partial charge in [0.05, 0.1) is 0 Å². The van der Waals surface area contributed by atoms with Gasteiger partial charge < -0.3 is 4.90 Å². The lowest BCUT2D eigenvalue weighted by molar-refractivity contribution is -0.131. The van der Waals surface area contributed by atoms with E-state index in [1.54, 1.807) is 6.92 Å². The Kier molecular flexibility index (Phi) is 3.28. The van der Waals surface area contributed by atoms with Gasteiger partial charge in [0.15, 0.2) is 0 Å². The quantitative estimate of drug-likeness (QED) is 0.745. The van der Waals surface area contributed by atoms with E-state index in [1.165, 1.54) is 11.1 Å². The maximum atomic E-state index is 11.5. The number of fused-ring (bicyclic) bond motifs is 1. The Labute approximate surface area is 97.3 Å². The van der Waals surface area contributed by atoms with Crippen LogP contribution in [0.5, 0.6) is 0 Å². The summed E-state index contributed by atoms with van der Waals surface area (Å²) in [6.07, 6.45) is 3.22. The molecule has 1 aromatic carbocycles.